The average Bonchev–Trinajstić information content (AvgIpc) is 2.78. The van der Waals surface area contributed by atoms with Crippen molar-refractivity contribution in [2.24, 2.45) is 5.92 Å². The van der Waals surface area contributed by atoms with E-state index in [0.717, 1.165) is 0 Å². The molecular formula is C21H29N3O6S. The summed E-state index contributed by atoms with van der Waals surface area (Å²) in [5, 5.41) is 2.79. The number of nitrogens with zero attached hydrogens (tertiary/aromatic N) is 2. The molecule has 1 aromatic rings. The van der Waals surface area contributed by atoms with Gasteiger partial charge in [0.1, 0.15) is 5.75 Å². The molecule has 4 rings (SSSR count). The number of fused-ring (bicyclic) bond motifs is 1. The summed E-state index contributed by atoms with van der Waals surface area (Å²) >= 11 is 0. The van der Waals surface area contributed by atoms with Crippen LogP contribution in [0.25, 0.3) is 0 Å². The van der Waals surface area contributed by atoms with Crippen molar-refractivity contribution in [1.82, 2.24) is 9.21 Å². The highest BCUT2D eigenvalue weighted by molar-refractivity contribution is 7.89. The third-order valence-electron chi connectivity index (χ3n) is 6.14. The van der Waals surface area contributed by atoms with Gasteiger partial charge in [-0.3, -0.25) is 9.59 Å². The van der Waals surface area contributed by atoms with E-state index in [2.05, 4.69) is 5.32 Å². The number of nitrogens with one attached hydrogen (secondary N) is 1. The Hall–Kier alpha value is -2.17. The van der Waals surface area contributed by atoms with Gasteiger partial charge in [0.05, 0.1) is 29.7 Å². The van der Waals surface area contributed by atoms with Crippen LogP contribution in [-0.2, 0) is 24.3 Å². The van der Waals surface area contributed by atoms with Crippen molar-refractivity contribution in [1.29, 1.82) is 0 Å². The molecule has 2 fully saturated rings. The minimum atomic E-state index is -3.82. The lowest BCUT2D eigenvalue weighted by Gasteiger charge is -2.36. The number of sulfonamides is 1. The quantitative estimate of drug-likeness (QED) is 0.741. The Kier molecular flexibility index (Phi) is 6.23. The van der Waals surface area contributed by atoms with Crippen molar-refractivity contribution < 1.29 is 27.5 Å². The van der Waals surface area contributed by atoms with E-state index < -0.39 is 16.1 Å². The summed E-state index contributed by atoms with van der Waals surface area (Å²) in [6, 6.07) is 3.13. The third-order valence-corrected chi connectivity index (χ3v) is 8.15. The van der Waals surface area contributed by atoms with Crippen molar-refractivity contribution in [3.63, 3.8) is 0 Å². The summed E-state index contributed by atoms with van der Waals surface area (Å²) in [6.07, 6.45) is 1.16. The predicted octanol–water partition coefficient (Wildman–Crippen LogP) is 1.36. The fourth-order valence-electron chi connectivity index (χ4n) is 4.37. The van der Waals surface area contributed by atoms with Crippen molar-refractivity contribution >= 4 is 27.5 Å². The maximum atomic E-state index is 13.5. The summed E-state index contributed by atoms with van der Waals surface area (Å²) in [5.41, 5.74) is 1.00. The molecule has 0 unspecified atom stereocenters. The molecular weight excluding hydrogens is 422 g/mol. The second kappa shape index (κ2) is 8.76. The van der Waals surface area contributed by atoms with Gasteiger partial charge in [-0.1, -0.05) is 6.92 Å². The number of benzene rings is 1. The third kappa shape index (κ3) is 4.28. The number of carbonyl (C=O) groups excluding carboxylic acids is 2. The standard InChI is InChI=1S/C21H29N3O6S/c1-3-17-20(25)22-16-11-14(2)19(12-18(16)30-17)31(27,28)24-6-4-5-15(13-24)21(26)23-7-9-29-10-8-23/h11-12,15,17H,3-10,13H2,1-2H3,(H,22,25)/t15-,17+/m1/s1. The Morgan fingerprint density at radius 3 is 2.68 bits per heavy atom. The number of ether oxygens (including phenoxy) is 2. The Morgan fingerprint density at radius 1 is 1.23 bits per heavy atom. The molecule has 3 aliphatic rings. The fourth-order valence-corrected chi connectivity index (χ4v) is 6.12. The monoisotopic (exact) mass is 451 g/mol. The zero-order chi connectivity index (χ0) is 22.2. The van der Waals surface area contributed by atoms with Crippen LogP contribution in [0.5, 0.6) is 5.75 Å². The number of hydrogen-bond donors (Lipinski definition) is 1. The highest BCUT2D eigenvalue weighted by Crippen LogP contribution is 2.36. The van der Waals surface area contributed by atoms with Crippen LogP contribution in [0.1, 0.15) is 31.7 Å². The maximum Gasteiger partial charge on any atom is 0.265 e. The lowest BCUT2D eigenvalue weighted by molar-refractivity contribution is -0.140. The molecule has 0 aliphatic carbocycles. The molecule has 10 heteroatoms. The zero-order valence-corrected chi connectivity index (χ0v) is 18.7. The number of amides is 2. The first kappa shape index (κ1) is 22.0. The van der Waals surface area contributed by atoms with Crippen molar-refractivity contribution in [3.8, 4) is 5.75 Å². The van der Waals surface area contributed by atoms with Gasteiger partial charge in [-0.25, -0.2) is 8.42 Å². The first-order valence-corrected chi connectivity index (χ1v) is 12.2. The van der Waals surface area contributed by atoms with E-state index in [9.17, 15) is 18.0 Å². The number of aryl methyl sites for hydroxylation is 1. The largest absolute Gasteiger partial charge is 0.478 e. The van der Waals surface area contributed by atoms with Gasteiger partial charge < -0.3 is 19.7 Å². The van der Waals surface area contributed by atoms with Crippen LogP contribution in [0.15, 0.2) is 17.0 Å². The van der Waals surface area contributed by atoms with Gasteiger partial charge in [0.15, 0.2) is 6.10 Å². The molecule has 31 heavy (non-hydrogen) atoms. The summed E-state index contributed by atoms with van der Waals surface area (Å²) in [4.78, 5) is 26.9. The van der Waals surface area contributed by atoms with Gasteiger partial charge in [0.25, 0.3) is 5.91 Å². The molecule has 0 aromatic heterocycles. The Morgan fingerprint density at radius 2 is 1.97 bits per heavy atom. The SMILES string of the molecule is CC[C@@H]1Oc2cc(S(=O)(=O)N3CCC[C@@H](C(=O)N4CCOCC4)C3)c(C)cc2NC1=O. The van der Waals surface area contributed by atoms with Gasteiger partial charge in [-0.15, -0.1) is 0 Å². The molecule has 0 bridgehead atoms. The normalized spacial score (nSPS) is 24.8. The van der Waals surface area contributed by atoms with Crippen molar-refractivity contribution in [2.75, 3.05) is 44.7 Å². The van der Waals surface area contributed by atoms with Crippen LogP contribution in [0.3, 0.4) is 0 Å². The number of hydrogen-bond acceptors (Lipinski definition) is 6. The molecule has 2 amide bonds. The zero-order valence-electron chi connectivity index (χ0n) is 17.9. The van der Waals surface area contributed by atoms with Crippen LogP contribution < -0.4 is 10.1 Å². The molecule has 1 aromatic carbocycles. The van der Waals surface area contributed by atoms with Crippen LogP contribution in [0.4, 0.5) is 5.69 Å². The first-order valence-electron chi connectivity index (χ1n) is 10.8. The Balaban J connectivity index is 1.56. The minimum Gasteiger partial charge on any atom is -0.478 e. The Labute approximate surface area is 182 Å². The molecule has 0 saturated carbocycles. The lowest BCUT2D eigenvalue weighted by atomic mass is 9.98. The summed E-state index contributed by atoms with van der Waals surface area (Å²) in [6.45, 7) is 6.21. The van der Waals surface area contributed by atoms with Gasteiger partial charge in [0, 0.05) is 32.2 Å². The lowest BCUT2D eigenvalue weighted by Crippen LogP contribution is -2.49. The predicted molar refractivity (Wildman–Crippen MR) is 113 cm³/mol. The number of rotatable bonds is 4. The highest BCUT2D eigenvalue weighted by Gasteiger charge is 2.37. The second-order valence-corrected chi connectivity index (χ2v) is 10.2. The highest BCUT2D eigenvalue weighted by atomic mass is 32.2. The van der Waals surface area contributed by atoms with E-state index in [4.69, 9.17) is 9.47 Å². The van der Waals surface area contributed by atoms with E-state index in [0.29, 0.717) is 69.1 Å². The molecule has 0 radical (unpaired) electrons. The van der Waals surface area contributed by atoms with Gasteiger partial charge >= 0.3 is 0 Å². The van der Waals surface area contributed by atoms with Crippen LogP contribution in [0, 0.1) is 12.8 Å². The van der Waals surface area contributed by atoms with Crippen molar-refractivity contribution in [2.45, 2.75) is 44.1 Å². The topological polar surface area (TPSA) is 105 Å². The molecule has 9 nitrogen and oxygen atoms in total. The van der Waals surface area contributed by atoms with E-state index >= 15 is 0 Å². The molecule has 1 N–H and O–H groups in total. The molecule has 3 aliphatic heterocycles. The molecule has 0 spiro atoms. The maximum absolute atomic E-state index is 13.5. The number of anilines is 1. The number of morpholine rings is 1. The summed E-state index contributed by atoms with van der Waals surface area (Å²) in [7, 11) is -3.82. The summed E-state index contributed by atoms with van der Waals surface area (Å²) in [5.74, 6) is -0.221. The molecule has 3 heterocycles. The van der Waals surface area contributed by atoms with Gasteiger partial charge in [-0.05, 0) is 37.8 Å². The van der Waals surface area contributed by atoms with Crippen LogP contribution in [0.2, 0.25) is 0 Å². The molecule has 2 saturated heterocycles. The van der Waals surface area contributed by atoms with E-state index in [-0.39, 0.29) is 29.2 Å². The molecule has 2 atom stereocenters. The number of carbonyl (C=O) groups is 2. The van der Waals surface area contributed by atoms with Crippen LogP contribution >= 0.6 is 0 Å². The molecule has 170 valence electrons. The number of piperidine rings is 1. The first-order chi connectivity index (χ1) is 14.8. The Bertz CT molecular complexity index is 974. The summed E-state index contributed by atoms with van der Waals surface area (Å²) < 4.78 is 39.4. The smallest absolute Gasteiger partial charge is 0.265 e. The van der Waals surface area contributed by atoms with Gasteiger partial charge in [0.2, 0.25) is 15.9 Å². The van der Waals surface area contributed by atoms with E-state index in [1.807, 2.05) is 6.92 Å². The van der Waals surface area contributed by atoms with Crippen molar-refractivity contribution in [3.05, 3.63) is 17.7 Å². The van der Waals surface area contributed by atoms with Gasteiger partial charge in [-0.2, -0.15) is 4.31 Å². The average molecular weight is 452 g/mol. The fraction of sp³-hybridized carbons (Fsp3) is 0.619. The minimum absolute atomic E-state index is 0.00203. The van der Waals surface area contributed by atoms with E-state index in [1.54, 1.807) is 17.9 Å². The second-order valence-electron chi connectivity index (χ2n) is 8.26. The van der Waals surface area contributed by atoms with Crippen LogP contribution in [-0.4, -0.2) is 74.9 Å². The van der Waals surface area contributed by atoms with E-state index in [1.165, 1.54) is 10.4 Å².